The number of halogens is 1. The number of rotatable bonds is 6. The molecule has 1 rings (SSSR count). The average molecular weight is 311 g/mol. The van der Waals surface area contributed by atoms with Crippen LogP contribution < -0.4 is 4.90 Å². The Morgan fingerprint density at radius 3 is 2.72 bits per heavy atom. The molecule has 0 aliphatic carbocycles. The van der Waals surface area contributed by atoms with Crippen LogP contribution in [-0.4, -0.2) is 26.3 Å². The zero-order valence-electron chi connectivity index (χ0n) is 11.1. The third-order valence-corrected chi connectivity index (χ3v) is 3.27. The van der Waals surface area contributed by atoms with Crippen molar-refractivity contribution in [3.63, 3.8) is 0 Å². The predicted octanol–water partition coefficient (Wildman–Crippen LogP) is 3.31. The molecule has 0 atom stereocenters. The molecule has 1 aromatic carbocycles. The first kappa shape index (κ1) is 15.0. The maximum absolute atomic E-state index is 9.18. The fraction of sp³-hybridized carbons (Fsp3) is 0.500. The number of likely N-dealkylation sites (N-methyl/N-ethyl adjacent to an activating group) is 1. The molecule has 0 amide bonds. The zero-order valence-corrected chi connectivity index (χ0v) is 12.7. The van der Waals surface area contributed by atoms with E-state index in [1.54, 1.807) is 0 Å². The fourth-order valence-electron chi connectivity index (χ4n) is 1.63. The number of nitriles is 1. The minimum absolute atomic E-state index is 0.240. The van der Waals surface area contributed by atoms with Crippen LogP contribution in [0.3, 0.4) is 0 Å². The van der Waals surface area contributed by atoms with Gasteiger partial charge in [0.05, 0.1) is 24.0 Å². The van der Waals surface area contributed by atoms with Crippen molar-refractivity contribution in [1.29, 1.82) is 5.26 Å². The lowest BCUT2D eigenvalue weighted by molar-refractivity contribution is 0.0846. The van der Waals surface area contributed by atoms with Gasteiger partial charge in [-0.2, -0.15) is 5.26 Å². The van der Waals surface area contributed by atoms with E-state index < -0.39 is 0 Å². The van der Waals surface area contributed by atoms with Crippen molar-refractivity contribution in [2.24, 2.45) is 0 Å². The molecule has 0 fully saturated rings. The molecule has 0 aliphatic rings. The first-order valence-electron chi connectivity index (χ1n) is 6.00. The van der Waals surface area contributed by atoms with Crippen molar-refractivity contribution >= 4 is 21.6 Å². The molecule has 0 saturated carbocycles. The molecule has 3 nitrogen and oxygen atoms in total. The van der Waals surface area contributed by atoms with Crippen molar-refractivity contribution in [2.75, 3.05) is 25.1 Å². The Labute approximate surface area is 117 Å². The summed E-state index contributed by atoms with van der Waals surface area (Å²) >= 11 is 3.40. The summed E-state index contributed by atoms with van der Waals surface area (Å²) in [6.07, 6.45) is 0.240. The highest BCUT2D eigenvalue weighted by Gasteiger charge is 2.08. The Kier molecular flexibility index (Phi) is 6.17. The highest BCUT2D eigenvalue weighted by atomic mass is 79.9. The van der Waals surface area contributed by atoms with Crippen LogP contribution in [-0.2, 0) is 10.1 Å². The molecule has 0 saturated heterocycles. The van der Waals surface area contributed by atoms with Crippen LogP contribution in [0, 0.1) is 11.3 Å². The first-order chi connectivity index (χ1) is 8.58. The number of alkyl halides is 1. The van der Waals surface area contributed by atoms with E-state index in [4.69, 9.17) is 4.74 Å². The lowest BCUT2D eigenvalue weighted by atomic mass is 10.1. The number of hydrogen-bond donors (Lipinski definition) is 0. The van der Waals surface area contributed by atoms with Gasteiger partial charge in [-0.15, -0.1) is 0 Å². The molecule has 98 valence electrons. The SMILES string of the molecule is CC(C)OCCN(C)c1ccc(CBr)cc1C#N. The van der Waals surface area contributed by atoms with Crippen molar-refractivity contribution < 1.29 is 4.74 Å². The van der Waals surface area contributed by atoms with Gasteiger partial charge in [0.15, 0.2) is 0 Å². The van der Waals surface area contributed by atoms with E-state index in [0.717, 1.165) is 23.1 Å². The molecule has 0 aliphatic heterocycles. The van der Waals surface area contributed by atoms with Gasteiger partial charge in [-0.25, -0.2) is 0 Å². The van der Waals surface area contributed by atoms with Crippen LogP contribution in [0.5, 0.6) is 0 Å². The molecule has 4 heteroatoms. The van der Waals surface area contributed by atoms with Crippen molar-refractivity contribution in [3.05, 3.63) is 29.3 Å². The lowest BCUT2D eigenvalue weighted by Crippen LogP contribution is -2.24. The van der Waals surface area contributed by atoms with Crippen molar-refractivity contribution in [2.45, 2.75) is 25.3 Å². The summed E-state index contributed by atoms with van der Waals surface area (Å²) < 4.78 is 5.52. The molecule has 1 aromatic rings. The Balaban J connectivity index is 2.73. The van der Waals surface area contributed by atoms with Gasteiger partial charge >= 0.3 is 0 Å². The van der Waals surface area contributed by atoms with E-state index in [9.17, 15) is 5.26 Å². The van der Waals surface area contributed by atoms with Gasteiger partial charge in [0, 0.05) is 18.9 Å². The molecular weight excluding hydrogens is 292 g/mol. The molecule has 0 bridgehead atoms. The molecule has 0 radical (unpaired) electrons. The van der Waals surface area contributed by atoms with Crippen LogP contribution in [0.2, 0.25) is 0 Å². The maximum atomic E-state index is 9.18. The minimum atomic E-state index is 0.240. The Morgan fingerprint density at radius 1 is 1.44 bits per heavy atom. The van der Waals surface area contributed by atoms with Crippen LogP contribution >= 0.6 is 15.9 Å². The van der Waals surface area contributed by atoms with E-state index in [1.807, 2.05) is 39.1 Å². The van der Waals surface area contributed by atoms with Gasteiger partial charge in [-0.3, -0.25) is 0 Å². The standard InChI is InChI=1S/C14H19BrN2O/c1-11(2)18-7-6-17(3)14-5-4-12(9-15)8-13(14)10-16/h4-5,8,11H,6-7,9H2,1-3H3. The van der Waals surface area contributed by atoms with E-state index in [-0.39, 0.29) is 6.10 Å². The van der Waals surface area contributed by atoms with Gasteiger partial charge < -0.3 is 9.64 Å². The molecular formula is C14H19BrN2O. The molecule has 0 unspecified atom stereocenters. The number of benzene rings is 1. The normalized spacial score (nSPS) is 10.4. The highest BCUT2D eigenvalue weighted by Crippen LogP contribution is 2.21. The van der Waals surface area contributed by atoms with E-state index in [0.29, 0.717) is 12.2 Å². The number of ether oxygens (including phenoxy) is 1. The quantitative estimate of drug-likeness (QED) is 0.756. The summed E-state index contributed by atoms with van der Waals surface area (Å²) in [7, 11) is 1.98. The number of nitrogens with zero attached hydrogens (tertiary/aromatic N) is 2. The van der Waals surface area contributed by atoms with Gasteiger partial charge in [0.25, 0.3) is 0 Å². The summed E-state index contributed by atoms with van der Waals surface area (Å²) in [6, 6.07) is 8.19. The molecule has 0 aromatic heterocycles. The Morgan fingerprint density at radius 2 is 2.17 bits per heavy atom. The van der Waals surface area contributed by atoms with Gasteiger partial charge in [-0.05, 0) is 31.5 Å². The molecule has 18 heavy (non-hydrogen) atoms. The molecule has 0 heterocycles. The first-order valence-corrected chi connectivity index (χ1v) is 7.12. The number of hydrogen-bond acceptors (Lipinski definition) is 3. The average Bonchev–Trinajstić information content (AvgIpc) is 2.37. The largest absolute Gasteiger partial charge is 0.377 e. The van der Waals surface area contributed by atoms with Gasteiger partial charge in [-0.1, -0.05) is 22.0 Å². The third kappa shape index (κ3) is 4.32. The van der Waals surface area contributed by atoms with Gasteiger partial charge in [0.1, 0.15) is 6.07 Å². The van der Waals surface area contributed by atoms with Crippen LogP contribution in [0.25, 0.3) is 0 Å². The molecule has 0 N–H and O–H groups in total. The second kappa shape index (κ2) is 7.40. The van der Waals surface area contributed by atoms with Crippen LogP contribution in [0.1, 0.15) is 25.0 Å². The zero-order chi connectivity index (χ0) is 13.5. The Hall–Kier alpha value is -1.05. The summed E-state index contributed by atoms with van der Waals surface area (Å²) in [5.74, 6) is 0. The van der Waals surface area contributed by atoms with Crippen molar-refractivity contribution in [3.8, 4) is 6.07 Å². The van der Waals surface area contributed by atoms with E-state index >= 15 is 0 Å². The Bertz CT molecular complexity index is 426. The predicted molar refractivity (Wildman–Crippen MR) is 78.1 cm³/mol. The van der Waals surface area contributed by atoms with Crippen LogP contribution in [0.4, 0.5) is 5.69 Å². The van der Waals surface area contributed by atoms with E-state index in [1.165, 1.54) is 0 Å². The summed E-state index contributed by atoms with van der Waals surface area (Å²) in [6.45, 7) is 5.48. The summed E-state index contributed by atoms with van der Waals surface area (Å²) in [5.41, 5.74) is 2.77. The van der Waals surface area contributed by atoms with Gasteiger partial charge in [0.2, 0.25) is 0 Å². The number of anilines is 1. The third-order valence-electron chi connectivity index (χ3n) is 2.62. The second-order valence-corrected chi connectivity index (χ2v) is 5.00. The molecule has 0 spiro atoms. The topological polar surface area (TPSA) is 36.3 Å². The summed E-state index contributed by atoms with van der Waals surface area (Å²) in [5, 5.41) is 9.94. The van der Waals surface area contributed by atoms with E-state index in [2.05, 4.69) is 26.9 Å². The van der Waals surface area contributed by atoms with Crippen LogP contribution in [0.15, 0.2) is 18.2 Å². The maximum Gasteiger partial charge on any atom is 0.101 e. The smallest absolute Gasteiger partial charge is 0.101 e. The lowest BCUT2D eigenvalue weighted by Gasteiger charge is -2.21. The highest BCUT2D eigenvalue weighted by molar-refractivity contribution is 9.08. The minimum Gasteiger partial charge on any atom is -0.377 e. The van der Waals surface area contributed by atoms with Crippen molar-refractivity contribution in [1.82, 2.24) is 0 Å². The monoisotopic (exact) mass is 310 g/mol. The summed E-state index contributed by atoms with van der Waals surface area (Å²) in [4.78, 5) is 2.05. The second-order valence-electron chi connectivity index (χ2n) is 4.44. The fourth-order valence-corrected chi connectivity index (χ4v) is 1.98.